The van der Waals surface area contributed by atoms with Crippen molar-refractivity contribution in [3.05, 3.63) is 134 Å². The first-order valence-electron chi connectivity index (χ1n) is 40.4. The molecule has 0 rings (SSSR count). The molecule has 0 amide bonds. The molecule has 0 heterocycles. The number of unbranched alkanes of at least 4 members (excludes halogenated alkanes) is 27. The van der Waals surface area contributed by atoms with E-state index in [0.29, 0.717) is 32.1 Å². The van der Waals surface area contributed by atoms with E-state index in [-0.39, 0.29) is 25.7 Å². The molecule has 17 nitrogen and oxygen atoms in total. The van der Waals surface area contributed by atoms with Crippen molar-refractivity contribution in [2.45, 2.75) is 341 Å². The average Bonchev–Trinajstić information content (AvgIpc) is 0.939. The van der Waals surface area contributed by atoms with Gasteiger partial charge in [0.2, 0.25) is 0 Å². The van der Waals surface area contributed by atoms with Crippen LogP contribution in [-0.2, 0) is 65.4 Å². The fourth-order valence-electron chi connectivity index (χ4n) is 10.4. The summed E-state index contributed by atoms with van der Waals surface area (Å²) in [4.78, 5) is 73.0. The molecule has 0 aromatic carbocycles. The van der Waals surface area contributed by atoms with Crippen LogP contribution in [0.2, 0.25) is 0 Å². The Bertz CT molecular complexity index is 2490. The fraction of sp³-hybridized carbons (Fsp3) is 0.694. The Hall–Kier alpha value is -4.80. The minimum Gasteiger partial charge on any atom is -0.462 e. The largest absolute Gasteiger partial charge is 0.472 e. The van der Waals surface area contributed by atoms with Gasteiger partial charge in [-0.1, -0.05) is 271 Å². The molecule has 0 aromatic heterocycles. The summed E-state index contributed by atoms with van der Waals surface area (Å²) < 4.78 is 68.6. The van der Waals surface area contributed by atoms with Crippen LogP contribution in [-0.4, -0.2) is 96.7 Å². The minimum absolute atomic E-state index is 0.0635. The number of carbonyl (C=O) groups excluding carboxylic acids is 4. The van der Waals surface area contributed by atoms with Gasteiger partial charge in [-0.05, 0) is 161 Å². The molecule has 0 saturated heterocycles. The number of carbonyl (C=O) groups is 4. The quantitative estimate of drug-likeness (QED) is 0.0169. The van der Waals surface area contributed by atoms with Crippen LogP contribution in [0.15, 0.2) is 134 Å². The third kappa shape index (κ3) is 75.4. The van der Waals surface area contributed by atoms with Gasteiger partial charge in [0.05, 0.1) is 26.4 Å². The van der Waals surface area contributed by atoms with Crippen LogP contribution in [0, 0.1) is 0 Å². The molecule has 0 aliphatic rings. The third-order valence-corrected chi connectivity index (χ3v) is 18.5. The first kappa shape index (κ1) is 99.2. The summed E-state index contributed by atoms with van der Waals surface area (Å²) in [6.45, 7) is 4.60. The lowest BCUT2D eigenvalue weighted by Crippen LogP contribution is -2.30. The Morgan fingerprint density at radius 3 is 0.837 bits per heavy atom. The molecule has 0 fully saturated rings. The second kappa shape index (κ2) is 76.4. The summed E-state index contributed by atoms with van der Waals surface area (Å²) >= 11 is 0. The van der Waals surface area contributed by atoms with Crippen molar-refractivity contribution in [2.24, 2.45) is 0 Å². The summed E-state index contributed by atoms with van der Waals surface area (Å²) in [5.74, 6) is -2.28. The van der Waals surface area contributed by atoms with Gasteiger partial charge in [-0.25, -0.2) is 9.13 Å². The lowest BCUT2D eigenvalue weighted by Gasteiger charge is -2.21. The van der Waals surface area contributed by atoms with Gasteiger partial charge in [-0.3, -0.25) is 37.3 Å². The van der Waals surface area contributed by atoms with Crippen molar-refractivity contribution in [1.82, 2.24) is 0 Å². The van der Waals surface area contributed by atoms with Crippen LogP contribution in [0.3, 0.4) is 0 Å². The molecule has 104 heavy (non-hydrogen) atoms. The molecule has 0 saturated carbocycles. The predicted octanol–water partition coefficient (Wildman–Crippen LogP) is 23.7. The second-order valence-electron chi connectivity index (χ2n) is 26.6. The number of esters is 4. The van der Waals surface area contributed by atoms with Gasteiger partial charge in [0, 0.05) is 25.7 Å². The normalized spacial score (nSPS) is 14.6. The number of allylic oxidation sites excluding steroid dienone is 22. The van der Waals surface area contributed by atoms with E-state index in [1.165, 1.54) is 64.2 Å². The Morgan fingerprint density at radius 1 is 0.279 bits per heavy atom. The van der Waals surface area contributed by atoms with Crippen LogP contribution < -0.4 is 0 Å². The van der Waals surface area contributed by atoms with Crippen molar-refractivity contribution < 1.29 is 80.2 Å². The summed E-state index contributed by atoms with van der Waals surface area (Å²) in [5.41, 5.74) is 0. The van der Waals surface area contributed by atoms with Crippen molar-refractivity contribution in [3.8, 4) is 0 Å². The van der Waals surface area contributed by atoms with Gasteiger partial charge in [-0.15, -0.1) is 0 Å². The lowest BCUT2D eigenvalue weighted by atomic mass is 10.1. The van der Waals surface area contributed by atoms with E-state index >= 15 is 0 Å². The zero-order chi connectivity index (χ0) is 76.0. The van der Waals surface area contributed by atoms with Gasteiger partial charge in [0.25, 0.3) is 0 Å². The first-order valence-corrected chi connectivity index (χ1v) is 43.4. The Morgan fingerprint density at radius 2 is 0.510 bits per heavy atom. The number of phosphoric acid groups is 2. The number of hydrogen-bond acceptors (Lipinski definition) is 15. The SMILES string of the molecule is CC/C=C\C/C=C\C/C=C\C/C=C\C/C=C\CCCC(=O)OCC(COP(=O)(O)OCC(O)COP(=O)(O)OCC(COC(=O)CCCCCCCC/C=C\C/C=C\C/C=C\CCCCC)OC(=O)CCCCCCC/C=C\CCCCCC)OC(=O)CCCCCCC/C=C\C/C=C\CCCCC. The van der Waals surface area contributed by atoms with Gasteiger partial charge in [0.1, 0.15) is 19.3 Å². The highest BCUT2D eigenvalue weighted by Gasteiger charge is 2.30. The number of hydrogen-bond donors (Lipinski definition) is 3. The molecule has 0 aliphatic heterocycles. The van der Waals surface area contributed by atoms with E-state index in [2.05, 4.69) is 149 Å². The Kier molecular flexibility index (Phi) is 72.9. The van der Waals surface area contributed by atoms with Crippen LogP contribution in [0.4, 0.5) is 0 Å². The van der Waals surface area contributed by atoms with Crippen molar-refractivity contribution >= 4 is 39.5 Å². The Balaban J connectivity index is 5.42. The van der Waals surface area contributed by atoms with Crippen LogP contribution in [0.5, 0.6) is 0 Å². The number of aliphatic hydroxyl groups is 1. The number of aliphatic hydroxyl groups excluding tert-OH is 1. The molecule has 0 bridgehead atoms. The fourth-order valence-corrected chi connectivity index (χ4v) is 12.0. The zero-order valence-electron chi connectivity index (χ0n) is 65.2. The highest BCUT2D eigenvalue weighted by molar-refractivity contribution is 7.47. The molecule has 0 aromatic rings. The first-order chi connectivity index (χ1) is 50.7. The standard InChI is InChI=1S/C85H144O17P2/c1-5-9-13-17-21-25-29-33-36-38-39-41-44-47-50-54-58-62-66-70-83(88)95-75-80(101-84(89)71-67-63-59-55-51-45-32-28-24-20-16-12-8-4)77-99-103(91,92)97-73-79(86)74-98-104(93,94)100-78-81(102-85(90)72-68-64-60-56-52-48-42-35-31-27-23-19-15-11-7-3)76-96-82(87)69-65-61-57-53-49-46-43-40-37-34-30-26-22-18-14-10-6-2/h10,14,21-23,25-28,32-37,39,41-43,46,53,57,79-81,86H,5-9,11-13,15-20,24,29-31,38,40,44-45,47-52,54-56,58-78H2,1-4H3,(H,91,92)(H,93,94)/b14-10-,25-21-,26-22-,27-23-,32-28-,36-33-,37-34-,41-39-,42-35-,46-43-,57-53-. The smallest absolute Gasteiger partial charge is 0.462 e. The average molecular weight is 1500 g/mol. The van der Waals surface area contributed by atoms with E-state index in [1.807, 2.05) is 12.2 Å². The highest BCUT2D eigenvalue weighted by atomic mass is 31.2. The van der Waals surface area contributed by atoms with Gasteiger partial charge in [-0.2, -0.15) is 0 Å². The minimum atomic E-state index is -5.00. The molecule has 0 aliphatic carbocycles. The van der Waals surface area contributed by atoms with Crippen LogP contribution in [0.1, 0.15) is 323 Å². The maximum Gasteiger partial charge on any atom is 0.472 e. The molecule has 5 unspecified atom stereocenters. The van der Waals surface area contributed by atoms with E-state index < -0.39 is 97.5 Å². The van der Waals surface area contributed by atoms with Crippen molar-refractivity contribution in [3.63, 3.8) is 0 Å². The maximum absolute atomic E-state index is 13.1. The van der Waals surface area contributed by atoms with Crippen LogP contribution >= 0.6 is 15.6 Å². The highest BCUT2D eigenvalue weighted by Crippen LogP contribution is 2.45. The maximum atomic E-state index is 13.1. The summed E-state index contributed by atoms with van der Waals surface area (Å²) in [7, 11) is -9.99. The molecular weight excluding hydrogens is 1350 g/mol. The molecule has 0 spiro atoms. The van der Waals surface area contributed by atoms with Crippen molar-refractivity contribution in [1.29, 1.82) is 0 Å². The van der Waals surface area contributed by atoms with Gasteiger partial charge >= 0.3 is 39.5 Å². The molecule has 0 radical (unpaired) electrons. The van der Waals surface area contributed by atoms with E-state index in [4.69, 9.17) is 37.0 Å². The van der Waals surface area contributed by atoms with E-state index in [9.17, 15) is 43.2 Å². The second-order valence-corrected chi connectivity index (χ2v) is 29.5. The molecule has 19 heteroatoms. The predicted molar refractivity (Wildman–Crippen MR) is 427 cm³/mol. The lowest BCUT2D eigenvalue weighted by molar-refractivity contribution is -0.161. The molecular formula is C85H144O17P2. The van der Waals surface area contributed by atoms with E-state index in [1.54, 1.807) is 0 Å². The molecule has 596 valence electrons. The summed E-state index contributed by atoms with van der Waals surface area (Å²) in [6, 6.07) is 0. The zero-order valence-corrected chi connectivity index (χ0v) is 66.9. The van der Waals surface area contributed by atoms with Crippen molar-refractivity contribution in [2.75, 3.05) is 39.6 Å². The van der Waals surface area contributed by atoms with Gasteiger partial charge < -0.3 is 33.8 Å². The molecule has 3 N–H and O–H groups in total. The van der Waals surface area contributed by atoms with Gasteiger partial charge in [0.15, 0.2) is 12.2 Å². The number of ether oxygens (including phenoxy) is 4. The Labute approximate surface area is 631 Å². The number of rotatable bonds is 75. The topological polar surface area (TPSA) is 237 Å². The van der Waals surface area contributed by atoms with E-state index in [0.717, 1.165) is 173 Å². The molecule has 5 atom stereocenters. The number of phosphoric ester groups is 2. The summed E-state index contributed by atoms with van der Waals surface area (Å²) in [5, 5.41) is 10.6. The third-order valence-electron chi connectivity index (χ3n) is 16.6. The summed E-state index contributed by atoms with van der Waals surface area (Å²) in [6.07, 6.45) is 85.7. The monoisotopic (exact) mass is 1500 g/mol. The van der Waals surface area contributed by atoms with Crippen LogP contribution in [0.25, 0.3) is 0 Å².